The molecule has 1 N–H and O–H groups in total. The first-order valence-corrected chi connectivity index (χ1v) is 7.68. The fourth-order valence-electron chi connectivity index (χ4n) is 1.78. The summed E-state index contributed by atoms with van der Waals surface area (Å²) in [5.74, 6) is 0.734. The molecule has 0 spiro atoms. The number of rotatable bonds is 8. The van der Waals surface area contributed by atoms with Gasteiger partial charge < -0.3 is 5.32 Å². The van der Waals surface area contributed by atoms with Crippen LogP contribution in [-0.2, 0) is 6.54 Å². The van der Waals surface area contributed by atoms with E-state index in [1.165, 1.54) is 17.0 Å². The maximum Gasteiger partial charge on any atom is 0.0798 e. The molecular formula is C14H27N3S. The van der Waals surface area contributed by atoms with Gasteiger partial charge in [0.05, 0.1) is 11.2 Å². The van der Waals surface area contributed by atoms with Crippen molar-refractivity contribution >= 4 is 11.3 Å². The van der Waals surface area contributed by atoms with Gasteiger partial charge in [0.1, 0.15) is 0 Å². The molecule has 0 amide bonds. The molecule has 1 rings (SSSR count). The maximum absolute atomic E-state index is 4.30. The molecule has 0 aliphatic rings. The second-order valence-electron chi connectivity index (χ2n) is 5.51. The Morgan fingerprint density at radius 1 is 1.39 bits per heavy atom. The van der Waals surface area contributed by atoms with Gasteiger partial charge in [-0.25, -0.2) is 4.98 Å². The molecule has 0 aromatic carbocycles. The lowest BCUT2D eigenvalue weighted by Gasteiger charge is -2.24. The molecule has 1 aromatic heterocycles. The van der Waals surface area contributed by atoms with Crippen molar-refractivity contribution in [3.8, 4) is 0 Å². The van der Waals surface area contributed by atoms with Crippen LogP contribution in [0, 0.1) is 12.8 Å². The Balaban J connectivity index is 2.24. The second kappa shape index (κ2) is 7.87. The Morgan fingerprint density at radius 3 is 2.67 bits per heavy atom. The smallest absolute Gasteiger partial charge is 0.0798 e. The highest BCUT2D eigenvalue weighted by atomic mass is 32.1. The Morgan fingerprint density at radius 2 is 2.11 bits per heavy atom. The third kappa shape index (κ3) is 5.46. The summed E-state index contributed by atoms with van der Waals surface area (Å²) in [5.41, 5.74) is 3.12. The molecule has 1 heterocycles. The van der Waals surface area contributed by atoms with E-state index in [-0.39, 0.29) is 0 Å². The van der Waals surface area contributed by atoms with Crippen LogP contribution in [-0.4, -0.2) is 36.1 Å². The molecule has 1 atom stereocenters. The molecule has 0 saturated heterocycles. The van der Waals surface area contributed by atoms with E-state index >= 15 is 0 Å². The minimum Gasteiger partial charge on any atom is -0.316 e. The van der Waals surface area contributed by atoms with E-state index in [0.717, 1.165) is 25.6 Å². The summed E-state index contributed by atoms with van der Waals surface area (Å²) >= 11 is 1.76. The van der Waals surface area contributed by atoms with Gasteiger partial charge in [0, 0.05) is 17.5 Å². The monoisotopic (exact) mass is 269 g/mol. The van der Waals surface area contributed by atoms with Crippen LogP contribution in [0.2, 0.25) is 0 Å². The van der Waals surface area contributed by atoms with E-state index < -0.39 is 0 Å². The van der Waals surface area contributed by atoms with Crippen LogP contribution < -0.4 is 5.32 Å². The zero-order valence-electron chi connectivity index (χ0n) is 12.4. The standard InChI is InChI=1S/C14H27N3S/c1-11(2)8-15-7-6-12(3)17(5)9-14-13(4)16-10-18-14/h10-12,15H,6-9H2,1-5H3. The molecule has 4 heteroatoms. The summed E-state index contributed by atoms with van der Waals surface area (Å²) < 4.78 is 0. The van der Waals surface area contributed by atoms with Gasteiger partial charge in [0.25, 0.3) is 0 Å². The molecule has 1 unspecified atom stereocenters. The lowest BCUT2D eigenvalue weighted by Crippen LogP contribution is -2.32. The fraction of sp³-hybridized carbons (Fsp3) is 0.786. The fourth-order valence-corrected chi connectivity index (χ4v) is 2.62. The van der Waals surface area contributed by atoms with Crippen LogP contribution in [0.4, 0.5) is 0 Å². The quantitative estimate of drug-likeness (QED) is 0.736. The van der Waals surface area contributed by atoms with Crippen LogP contribution in [0.25, 0.3) is 0 Å². The number of thiazole rings is 1. The third-order valence-corrected chi connectivity index (χ3v) is 4.20. The Hall–Kier alpha value is -0.450. The van der Waals surface area contributed by atoms with Crippen LogP contribution in [0.5, 0.6) is 0 Å². The van der Waals surface area contributed by atoms with E-state index in [0.29, 0.717) is 6.04 Å². The normalized spacial score (nSPS) is 13.5. The van der Waals surface area contributed by atoms with Crippen LogP contribution in [0.3, 0.4) is 0 Å². The van der Waals surface area contributed by atoms with Crippen molar-refractivity contribution in [2.45, 2.75) is 46.7 Å². The van der Waals surface area contributed by atoms with Gasteiger partial charge >= 0.3 is 0 Å². The Labute approximate surface area is 116 Å². The molecule has 0 radical (unpaired) electrons. The van der Waals surface area contributed by atoms with Gasteiger partial charge in [-0.2, -0.15) is 0 Å². The number of aromatic nitrogens is 1. The van der Waals surface area contributed by atoms with E-state index in [2.05, 4.69) is 49.9 Å². The molecule has 1 aromatic rings. The predicted molar refractivity (Wildman–Crippen MR) is 80.1 cm³/mol. The van der Waals surface area contributed by atoms with Crippen molar-refractivity contribution < 1.29 is 0 Å². The molecule has 0 bridgehead atoms. The first-order chi connectivity index (χ1) is 8.50. The number of hydrogen-bond acceptors (Lipinski definition) is 4. The average Bonchev–Trinajstić information content (AvgIpc) is 2.70. The van der Waals surface area contributed by atoms with Gasteiger partial charge in [-0.05, 0) is 46.3 Å². The highest BCUT2D eigenvalue weighted by Gasteiger charge is 2.11. The average molecular weight is 269 g/mol. The Kier molecular flexibility index (Phi) is 6.82. The topological polar surface area (TPSA) is 28.2 Å². The van der Waals surface area contributed by atoms with E-state index in [1.807, 2.05) is 5.51 Å². The number of hydrogen-bond donors (Lipinski definition) is 1. The molecule has 0 fully saturated rings. The summed E-state index contributed by atoms with van der Waals surface area (Å²) in [6, 6.07) is 0.603. The molecule has 104 valence electrons. The van der Waals surface area contributed by atoms with E-state index in [4.69, 9.17) is 0 Å². The number of nitrogens with one attached hydrogen (secondary N) is 1. The van der Waals surface area contributed by atoms with Crippen molar-refractivity contribution in [3.05, 3.63) is 16.1 Å². The molecular weight excluding hydrogens is 242 g/mol. The van der Waals surface area contributed by atoms with Gasteiger partial charge in [-0.15, -0.1) is 11.3 Å². The van der Waals surface area contributed by atoms with E-state index in [9.17, 15) is 0 Å². The SMILES string of the molecule is Cc1ncsc1CN(C)C(C)CCNCC(C)C. The van der Waals surface area contributed by atoms with Crippen LogP contribution in [0.15, 0.2) is 5.51 Å². The highest BCUT2D eigenvalue weighted by molar-refractivity contribution is 7.09. The number of nitrogens with zero attached hydrogens (tertiary/aromatic N) is 2. The van der Waals surface area contributed by atoms with Crippen molar-refractivity contribution in [1.29, 1.82) is 0 Å². The minimum atomic E-state index is 0.603. The summed E-state index contributed by atoms with van der Waals surface area (Å²) in [6.07, 6.45) is 1.20. The molecule has 3 nitrogen and oxygen atoms in total. The van der Waals surface area contributed by atoms with Crippen LogP contribution >= 0.6 is 11.3 Å². The highest BCUT2D eigenvalue weighted by Crippen LogP contribution is 2.16. The number of aryl methyl sites for hydroxylation is 1. The minimum absolute atomic E-state index is 0.603. The lowest BCUT2D eigenvalue weighted by molar-refractivity contribution is 0.237. The summed E-state index contributed by atoms with van der Waals surface area (Å²) in [5, 5.41) is 3.50. The molecule has 0 saturated carbocycles. The van der Waals surface area contributed by atoms with Crippen molar-refractivity contribution in [1.82, 2.24) is 15.2 Å². The first-order valence-electron chi connectivity index (χ1n) is 6.80. The van der Waals surface area contributed by atoms with Gasteiger partial charge in [-0.1, -0.05) is 13.8 Å². The molecule has 0 aliphatic carbocycles. The summed E-state index contributed by atoms with van der Waals surface area (Å²) in [4.78, 5) is 8.11. The summed E-state index contributed by atoms with van der Waals surface area (Å²) in [6.45, 7) is 12.1. The zero-order chi connectivity index (χ0) is 13.5. The second-order valence-corrected chi connectivity index (χ2v) is 6.45. The zero-order valence-corrected chi connectivity index (χ0v) is 13.2. The van der Waals surface area contributed by atoms with Crippen LogP contribution in [0.1, 0.15) is 37.8 Å². The maximum atomic E-state index is 4.30. The van der Waals surface area contributed by atoms with Crippen molar-refractivity contribution in [2.24, 2.45) is 5.92 Å². The third-order valence-electron chi connectivity index (χ3n) is 3.28. The van der Waals surface area contributed by atoms with Crippen molar-refractivity contribution in [3.63, 3.8) is 0 Å². The molecule has 0 aliphatic heterocycles. The first kappa shape index (κ1) is 15.6. The van der Waals surface area contributed by atoms with Gasteiger partial charge in [0.2, 0.25) is 0 Å². The Bertz CT molecular complexity index is 336. The largest absolute Gasteiger partial charge is 0.316 e. The summed E-state index contributed by atoms with van der Waals surface area (Å²) in [7, 11) is 2.20. The molecule has 18 heavy (non-hydrogen) atoms. The predicted octanol–water partition coefficient (Wildman–Crippen LogP) is 2.91. The lowest BCUT2D eigenvalue weighted by atomic mass is 10.2. The van der Waals surface area contributed by atoms with E-state index in [1.54, 1.807) is 11.3 Å². The van der Waals surface area contributed by atoms with Gasteiger partial charge in [-0.3, -0.25) is 4.90 Å². The van der Waals surface area contributed by atoms with Crippen molar-refractivity contribution in [2.75, 3.05) is 20.1 Å². The van der Waals surface area contributed by atoms with Gasteiger partial charge in [0.15, 0.2) is 0 Å².